The number of pyridine rings is 1. The van der Waals surface area contributed by atoms with E-state index in [2.05, 4.69) is 4.98 Å². The number of carbonyl (C=O) groups is 1. The molecule has 2 saturated heterocycles. The minimum atomic E-state index is -0.298. The highest BCUT2D eigenvalue weighted by atomic mass is 16.5. The van der Waals surface area contributed by atoms with Gasteiger partial charge in [0.2, 0.25) is 5.88 Å². The molecule has 24 heavy (non-hydrogen) atoms. The van der Waals surface area contributed by atoms with Crippen LogP contribution < -0.4 is 4.74 Å². The second kappa shape index (κ2) is 5.94. The van der Waals surface area contributed by atoms with Crippen LogP contribution in [0.2, 0.25) is 0 Å². The van der Waals surface area contributed by atoms with Gasteiger partial charge in [0.15, 0.2) is 5.76 Å². The first-order chi connectivity index (χ1) is 11.7. The average Bonchev–Trinajstić information content (AvgIpc) is 2.99. The monoisotopic (exact) mass is 328 g/mol. The van der Waals surface area contributed by atoms with Crippen LogP contribution in [0.1, 0.15) is 29.0 Å². The maximum absolute atomic E-state index is 12.4. The van der Waals surface area contributed by atoms with Crippen molar-refractivity contribution in [2.45, 2.75) is 31.5 Å². The SMILES string of the molecule is Cc1ccoc1C(=O)N1CC2(CC(Oc3ccccn3)CCO2)C1. The van der Waals surface area contributed by atoms with Crippen LogP contribution >= 0.6 is 0 Å². The average molecular weight is 328 g/mol. The Morgan fingerprint density at radius 2 is 2.25 bits per heavy atom. The molecule has 126 valence electrons. The molecule has 6 heteroatoms. The van der Waals surface area contributed by atoms with E-state index in [1.165, 1.54) is 0 Å². The van der Waals surface area contributed by atoms with E-state index in [0.717, 1.165) is 18.4 Å². The van der Waals surface area contributed by atoms with E-state index in [-0.39, 0.29) is 17.6 Å². The zero-order valence-electron chi connectivity index (χ0n) is 13.6. The molecule has 4 heterocycles. The standard InChI is InChI=1S/C18H20N2O4/c1-13-5-8-22-16(13)17(21)20-11-18(12-20)10-14(6-9-23-18)24-15-4-2-3-7-19-15/h2-5,7-8,14H,6,9-12H2,1H3. The van der Waals surface area contributed by atoms with Crippen molar-refractivity contribution < 1.29 is 18.7 Å². The van der Waals surface area contributed by atoms with Crippen molar-refractivity contribution in [1.82, 2.24) is 9.88 Å². The van der Waals surface area contributed by atoms with Gasteiger partial charge >= 0.3 is 0 Å². The Morgan fingerprint density at radius 1 is 1.38 bits per heavy atom. The Kier molecular flexibility index (Phi) is 3.76. The number of amides is 1. The van der Waals surface area contributed by atoms with Gasteiger partial charge in [-0.15, -0.1) is 0 Å². The first-order valence-corrected chi connectivity index (χ1v) is 8.20. The van der Waals surface area contributed by atoms with Crippen LogP contribution in [0.3, 0.4) is 0 Å². The fraction of sp³-hybridized carbons (Fsp3) is 0.444. The van der Waals surface area contributed by atoms with Crippen LogP contribution in [-0.4, -0.2) is 47.2 Å². The molecule has 0 N–H and O–H groups in total. The largest absolute Gasteiger partial charge is 0.474 e. The predicted octanol–water partition coefficient (Wildman–Crippen LogP) is 2.44. The number of aromatic nitrogens is 1. The number of furan rings is 1. The van der Waals surface area contributed by atoms with E-state index in [9.17, 15) is 4.79 Å². The van der Waals surface area contributed by atoms with E-state index in [1.54, 1.807) is 23.4 Å². The first-order valence-electron chi connectivity index (χ1n) is 8.20. The number of aryl methyl sites for hydroxylation is 1. The smallest absolute Gasteiger partial charge is 0.290 e. The zero-order valence-corrected chi connectivity index (χ0v) is 13.6. The predicted molar refractivity (Wildman–Crippen MR) is 85.9 cm³/mol. The van der Waals surface area contributed by atoms with Gasteiger partial charge in [-0.1, -0.05) is 6.07 Å². The Morgan fingerprint density at radius 3 is 2.96 bits per heavy atom. The lowest BCUT2D eigenvalue weighted by Crippen LogP contribution is -2.67. The summed E-state index contributed by atoms with van der Waals surface area (Å²) >= 11 is 0. The van der Waals surface area contributed by atoms with Gasteiger partial charge in [0, 0.05) is 30.7 Å². The summed E-state index contributed by atoms with van der Waals surface area (Å²) in [5.41, 5.74) is 0.565. The minimum Gasteiger partial charge on any atom is -0.474 e. The molecule has 0 aliphatic carbocycles. The van der Waals surface area contributed by atoms with Crippen molar-refractivity contribution in [2.75, 3.05) is 19.7 Å². The second-order valence-corrected chi connectivity index (χ2v) is 6.53. The highest BCUT2D eigenvalue weighted by molar-refractivity contribution is 5.93. The number of ether oxygens (including phenoxy) is 2. The van der Waals surface area contributed by atoms with Gasteiger partial charge in [0.05, 0.1) is 26.0 Å². The third-order valence-electron chi connectivity index (χ3n) is 4.67. The molecule has 2 fully saturated rings. The van der Waals surface area contributed by atoms with E-state index in [1.807, 2.05) is 25.1 Å². The quantitative estimate of drug-likeness (QED) is 0.866. The lowest BCUT2D eigenvalue weighted by Gasteiger charge is -2.52. The Bertz CT molecular complexity index is 722. The maximum atomic E-state index is 12.4. The van der Waals surface area contributed by atoms with Crippen molar-refractivity contribution in [2.24, 2.45) is 0 Å². The lowest BCUT2D eigenvalue weighted by atomic mass is 9.84. The molecule has 1 amide bonds. The van der Waals surface area contributed by atoms with Crippen LogP contribution in [0.15, 0.2) is 41.1 Å². The molecule has 6 nitrogen and oxygen atoms in total. The summed E-state index contributed by atoms with van der Waals surface area (Å²) in [6.07, 6.45) is 4.94. The molecule has 2 aliphatic heterocycles. The van der Waals surface area contributed by atoms with Gasteiger partial charge < -0.3 is 18.8 Å². The molecule has 2 aliphatic rings. The molecule has 0 saturated carbocycles. The number of carbonyl (C=O) groups excluding carboxylic acids is 1. The molecule has 2 aromatic heterocycles. The molecule has 0 aromatic carbocycles. The Balaban J connectivity index is 1.37. The maximum Gasteiger partial charge on any atom is 0.290 e. The summed E-state index contributed by atoms with van der Waals surface area (Å²) in [6.45, 7) is 3.67. The van der Waals surface area contributed by atoms with E-state index in [4.69, 9.17) is 13.9 Å². The number of likely N-dealkylation sites (tertiary alicyclic amines) is 1. The number of rotatable bonds is 3. The van der Waals surface area contributed by atoms with Crippen LogP contribution in [0.5, 0.6) is 5.88 Å². The van der Waals surface area contributed by atoms with Crippen LogP contribution in [-0.2, 0) is 4.74 Å². The molecular weight excluding hydrogens is 308 g/mol. The van der Waals surface area contributed by atoms with Crippen LogP contribution in [0.25, 0.3) is 0 Å². The summed E-state index contributed by atoms with van der Waals surface area (Å²) in [6, 6.07) is 7.44. The van der Waals surface area contributed by atoms with Crippen molar-refractivity contribution in [3.8, 4) is 5.88 Å². The second-order valence-electron chi connectivity index (χ2n) is 6.53. The van der Waals surface area contributed by atoms with Gasteiger partial charge in [-0.3, -0.25) is 4.79 Å². The molecule has 1 atom stereocenters. The van der Waals surface area contributed by atoms with E-state index >= 15 is 0 Å². The van der Waals surface area contributed by atoms with Crippen LogP contribution in [0, 0.1) is 6.92 Å². The van der Waals surface area contributed by atoms with Crippen LogP contribution in [0.4, 0.5) is 0 Å². The summed E-state index contributed by atoms with van der Waals surface area (Å²) in [4.78, 5) is 18.4. The highest BCUT2D eigenvalue weighted by Gasteiger charge is 2.50. The summed E-state index contributed by atoms with van der Waals surface area (Å²) in [7, 11) is 0. The molecule has 4 rings (SSSR count). The normalized spacial score (nSPS) is 22.2. The lowest BCUT2D eigenvalue weighted by molar-refractivity contribution is -0.174. The molecule has 0 bridgehead atoms. The fourth-order valence-electron chi connectivity index (χ4n) is 3.42. The topological polar surface area (TPSA) is 64.8 Å². The van der Waals surface area contributed by atoms with Crippen molar-refractivity contribution in [3.05, 3.63) is 48.0 Å². The van der Waals surface area contributed by atoms with Gasteiger partial charge in [-0.25, -0.2) is 4.98 Å². The zero-order chi connectivity index (χ0) is 16.6. The number of hydrogen-bond acceptors (Lipinski definition) is 5. The third kappa shape index (κ3) is 2.78. The van der Waals surface area contributed by atoms with Crippen molar-refractivity contribution >= 4 is 5.91 Å². The van der Waals surface area contributed by atoms with Gasteiger partial charge in [-0.05, 0) is 19.1 Å². The summed E-state index contributed by atoms with van der Waals surface area (Å²) in [5, 5.41) is 0. The highest BCUT2D eigenvalue weighted by Crippen LogP contribution is 2.36. The molecule has 0 radical (unpaired) electrons. The first kappa shape index (κ1) is 15.2. The van der Waals surface area contributed by atoms with Gasteiger partial charge in [0.1, 0.15) is 11.7 Å². The summed E-state index contributed by atoms with van der Waals surface area (Å²) in [5.74, 6) is 0.986. The summed E-state index contributed by atoms with van der Waals surface area (Å²) < 4.78 is 17.2. The van der Waals surface area contributed by atoms with Gasteiger partial charge in [0.25, 0.3) is 5.91 Å². The Hall–Kier alpha value is -2.34. The Labute approximate surface area is 140 Å². The molecule has 2 aromatic rings. The fourth-order valence-corrected chi connectivity index (χ4v) is 3.42. The van der Waals surface area contributed by atoms with E-state index in [0.29, 0.717) is 31.3 Å². The molecular formula is C18H20N2O4. The van der Waals surface area contributed by atoms with Crippen molar-refractivity contribution in [1.29, 1.82) is 0 Å². The van der Waals surface area contributed by atoms with E-state index < -0.39 is 0 Å². The van der Waals surface area contributed by atoms with Crippen molar-refractivity contribution in [3.63, 3.8) is 0 Å². The third-order valence-corrected chi connectivity index (χ3v) is 4.67. The number of nitrogens with zero attached hydrogens (tertiary/aromatic N) is 2. The number of hydrogen-bond donors (Lipinski definition) is 0. The van der Waals surface area contributed by atoms with Gasteiger partial charge in [-0.2, -0.15) is 0 Å². The molecule has 1 unspecified atom stereocenters. The molecule has 1 spiro atoms. The minimum absolute atomic E-state index is 0.0660.